The van der Waals surface area contributed by atoms with Gasteiger partial charge in [-0.2, -0.15) is 5.10 Å². The number of hydrogen-bond acceptors (Lipinski definition) is 8. The molecule has 154 valence electrons. The zero-order valence-electron chi connectivity index (χ0n) is 15.9. The van der Waals surface area contributed by atoms with Crippen LogP contribution in [0.2, 0.25) is 0 Å². The van der Waals surface area contributed by atoms with E-state index in [9.17, 15) is 25.0 Å². The highest BCUT2D eigenvalue weighted by atomic mass is 16.6. The van der Waals surface area contributed by atoms with Crippen molar-refractivity contribution in [2.45, 2.75) is 20.4 Å². The second-order valence-electron chi connectivity index (χ2n) is 6.25. The number of nitrogens with zero attached hydrogens (tertiary/aromatic N) is 5. The van der Waals surface area contributed by atoms with Crippen LogP contribution in [0.1, 0.15) is 11.4 Å². The summed E-state index contributed by atoms with van der Waals surface area (Å²) < 4.78 is 6.77. The molecule has 3 rings (SSSR count). The quantitative estimate of drug-likeness (QED) is 0.458. The molecular formula is C18H16N6O6. The van der Waals surface area contributed by atoms with Gasteiger partial charge in [0.1, 0.15) is 29.4 Å². The summed E-state index contributed by atoms with van der Waals surface area (Å²) in [6, 6.07) is 7.08. The first-order chi connectivity index (χ1) is 14.2. The number of benzene rings is 1. The average Bonchev–Trinajstić information content (AvgIpc) is 2.95. The number of aryl methyl sites for hydroxylation is 1. The van der Waals surface area contributed by atoms with Gasteiger partial charge in [0, 0.05) is 18.3 Å². The van der Waals surface area contributed by atoms with Gasteiger partial charge in [-0.15, -0.1) is 0 Å². The van der Waals surface area contributed by atoms with Crippen LogP contribution in [0.4, 0.5) is 17.1 Å². The van der Waals surface area contributed by atoms with E-state index in [2.05, 4.69) is 15.4 Å². The number of anilines is 1. The van der Waals surface area contributed by atoms with Crippen molar-refractivity contribution < 1.29 is 19.4 Å². The number of nitro benzene ring substituents is 1. The fourth-order valence-electron chi connectivity index (χ4n) is 2.81. The lowest BCUT2D eigenvalue weighted by atomic mass is 10.2. The fraction of sp³-hybridized carbons (Fsp3) is 0.167. The molecule has 0 aliphatic rings. The van der Waals surface area contributed by atoms with E-state index in [1.54, 1.807) is 18.3 Å². The average molecular weight is 412 g/mol. The zero-order valence-corrected chi connectivity index (χ0v) is 15.9. The number of pyridine rings is 1. The van der Waals surface area contributed by atoms with Crippen LogP contribution in [0.15, 0.2) is 42.7 Å². The SMILES string of the molecule is Cc1nn(CC(=O)Nc2cc(Oc3cccnc3)cc([N+](=O)[O-])c2)c(C)c1[N+](=O)[O-]. The second-order valence-corrected chi connectivity index (χ2v) is 6.25. The van der Waals surface area contributed by atoms with E-state index >= 15 is 0 Å². The Hall–Kier alpha value is -4.35. The van der Waals surface area contributed by atoms with Gasteiger partial charge in [-0.05, 0) is 26.0 Å². The molecule has 0 radical (unpaired) electrons. The monoisotopic (exact) mass is 412 g/mol. The molecule has 0 spiro atoms. The van der Waals surface area contributed by atoms with Crippen molar-refractivity contribution in [2.75, 3.05) is 5.32 Å². The number of amides is 1. The molecule has 0 bridgehead atoms. The molecule has 12 heteroatoms. The van der Waals surface area contributed by atoms with Gasteiger partial charge in [-0.25, -0.2) is 0 Å². The number of carbonyl (C=O) groups is 1. The topological polar surface area (TPSA) is 155 Å². The number of nitro groups is 2. The number of nitrogens with one attached hydrogen (secondary N) is 1. The molecule has 0 aliphatic heterocycles. The lowest BCUT2D eigenvalue weighted by Gasteiger charge is -2.10. The van der Waals surface area contributed by atoms with Crippen LogP contribution in [0.5, 0.6) is 11.5 Å². The summed E-state index contributed by atoms with van der Waals surface area (Å²) in [5, 5.41) is 28.9. The van der Waals surface area contributed by atoms with E-state index in [4.69, 9.17) is 4.74 Å². The van der Waals surface area contributed by atoms with Crippen LogP contribution >= 0.6 is 0 Å². The number of non-ortho nitro benzene ring substituents is 1. The van der Waals surface area contributed by atoms with Gasteiger partial charge in [-0.3, -0.25) is 34.7 Å². The maximum atomic E-state index is 12.4. The summed E-state index contributed by atoms with van der Waals surface area (Å²) in [7, 11) is 0. The Labute approximate surface area is 169 Å². The smallest absolute Gasteiger partial charge is 0.312 e. The van der Waals surface area contributed by atoms with Crippen LogP contribution < -0.4 is 10.1 Å². The molecule has 30 heavy (non-hydrogen) atoms. The third kappa shape index (κ3) is 4.55. The van der Waals surface area contributed by atoms with Gasteiger partial charge >= 0.3 is 5.69 Å². The Balaban J connectivity index is 1.81. The second kappa shape index (κ2) is 8.34. The Morgan fingerprint density at radius 3 is 2.53 bits per heavy atom. The lowest BCUT2D eigenvalue weighted by molar-refractivity contribution is -0.386. The van der Waals surface area contributed by atoms with Crippen LogP contribution in [0.25, 0.3) is 0 Å². The molecule has 0 saturated heterocycles. The lowest BCUT2D eigenvalue weighted by Crippen LogP contribution is -2.20. The number of ether oxygens (including phenoxy) is 1. The van der Waals surface area contributed by atoms with E-state index in [-0.39, 0.29) is 40.7 Å². The number of rotatable bonds is 7. The van der Waals surface area contributed by atoms with Crippen molar-refractivity contribution in [2.24, 2.45) is 0 Å². The Kier molecular flexibility index (Phi) is 5.67. The predicted octanol–water partition coefficient (Wildman–Crippen LogP) is 3.14. The third-order valence-electron chi connectivity index (χ3n) is 4.08. The first-order valence-electron chi connectivity index (χ1n) is 8.60. The molecule has 3 aromatic rings. The van der Waals surface area contributed by atoms with Crippen molar-refractivity contribution in [3.63, 3.8) is 0 Å². The fourth-order valence-corrected chi connectivity index (χ4v) is 2.81. The molecule has 1 aromatic carbocycles. The van der Waals surface area contributed by atoms with Crippen molar-refractivity contribution in [1.29, 1.82) is 0 Å². The molecule has 2 aromatic heterocycles. The molecule has 2 heterocycles. The Morgan fingerprint density at radius 2 is 1.93 bits per heavy atom. The number of hydrogen-bond donors (Lipinski definition) is 1. The van der Waals surface area contributed by atoms with Gasteiger partial charge in [-0.1, -0.05) is 0 Å². The molecule has 0 unspecified atom stereocenters. The van der Waals surface area contributed by atoms with Crippen LogP contribution in [0.3, 0.4) is 0 Å². The molecular weight excluding hydrogens is 396 g/mol. The van der Waals surface area contributed by atoms with E-state index < -0.39 is 15.8 Å². The highest BCUT2D eigenvalue weighted by Crippen LogP contribution is 2.29. The molecule has 1 amide bonds. The molecule has 0 saturated carbocycles. The van der Waals surface area contributed by atoms with Crippen molar-refractivity contribution >= 4 is 23.0 Å². The summed E-state index contributed by atoms with van der Waals surface area (Å²) in [6.07, 6.45) is 2.99. The first kappa shape index (κ1) is 20.4. The van der Waals surface area contributed by atoms with Gasteiger partial charge in [0.2, 0.25) is 5.91 Å². The number of aromatic nitrogens is 3. The summed E-state index contributed by atoms with van der Waals surface area (Å²) in [5.74, 6) is -0.0669. The van der Waals surface area contributed by atoms with Gasteiger partial charge in [0.05, 0.1) is 27.8 Å². The van der Waals surface area contributed by atoms with E-state index in [0.717, 1.165) is 0 Å². The summed E-state index contributed by atoms with van der Waals surface area (Å²) in [5.41, 5.74) is 0.1000. The Bertz CT molecular complexity index is 1130. The van der Waals surface area contributed by atoms with Gasteiger partial charge in [0.25, 0.3) is 5.69 Å². The molecule has 0 fully saturated rings. The Morgan fingerprint density at radius 1 is 1.17 bits per heavy atom. The van der Waals surface area contributed by atoms with Crippen molar-refractivity contribution in [3.05, 3.63) is 74.3 Å². The minimum Gasteiger partial charge on any atom is -0.455 e. The van der Waals surface area contributed by atoms with Crippen LogP contribution in [-0.2, 0) is 11.3 Å². The van der Waals surface area contributed by atoms with E-state index in [0.29, 0.717) is 5.75 Å². The van der Waals surface area contributed by atoms with Crippen LogP contribution in [0, 0.1) is 34.1 Å². The van der Waals surface area contributed by atoms with Gasteiger partial charge < -0.3 is 10.1 Å². The first-order valence-corrected chi connectivity index (χ1v) is 8.60. The van der Waals surface area contributed by atoms with Gasteiger partial charge in [0.15, 0.2) is 0 Å². The maximum absolute atomic E-state index is 12.4. The van der Waals surface area contributed by atoms with Crippen molar-refractivity contribution in [1.82, 2.24) is 14.8 Å². The van der Waals surface area contributed by atoms with Crippen molar-refractivity contribution in [3.8, 4) is 11.5 Å². The normalized spacial score (nSPS) is 10.5. The molecule has 12 nitrogen and oxygen atoms in total. The number of carbonyl (C=O) groups excluding carboxylic acids is 1. The summed E-state index contributed by atoms with van der Waals surface area (Å²) in [6.45, 7) is 2.66. The minimum absolute atomic E-state index is 0.129. The summed E-state index contributed by atoms with van der Waals surface area (Å²) in [4.78, 5) is 37.5. The molecule has 0 atom stereocenters. The highest BCUT2D eigenvalue weighted by Gasteiger charge is 2.23. The largest absolute Gasteiger partial charge is 0.455 e. The summed E-state index contributed by atoms with van der Waals surface area (Å²) >= 11 is 0. The third-order valence-corrected chi connectivity index (χ3v) is 4.08. The highest BCUT2D eigenvalue weighted by molar-refractivity contribution is 5.91. The predicted molar refractivity (Wildman–Crippen MR) is 104 cm³/mol. The minimum atomic E-state index is -0.615. The van der Waals surface area contributed by atoms with E-state index in [1.165, 1.54) is 42.9 Å². The van der Waals surface area contributed by atoms with Crippen LogP contribution in [-0.4, -0.2) is 30.5 Å². The standard InChI is InChI=1S/C18H16N6O6/c1-11-18(24(28)29)12(2)22(21-11)10-17(25)20-13-6-14(23(26)27)8-16(7-13)30-15-4-3-5-19-9-15/h3-9H,10H2,1-2H3,(H,20,25). The molecule has 0 aliphatic carbocycles. The molecule has 1 N–H and O–H groups in total. The zero-order chi connectivity index (χ0) is 21.8. The van der Waals surface area contributed by atoms with E-state index in [1.807, 2.05) is 0 Å². The maximum Gasteiger partial charge on any atom is 0.312 e.